The van der Waals surface area contributed by atoms with Crippen molar-refractivity contribution in [2.24, 2.45) is 0 Å². The van der Waals surface area contributed by atoms with Gasteiger partial charge >= 0.3 is 0 Å². The summed E-state index contributed by atoms with van der Waals surface area (Å²) in [7, 11) is 8.12. The molecule has 0 unspecified atom stereocenters. The molecule has 0 N–H and O–H groups in total. The van der Waals surface area contributed by atoms with E-state index >= 15 is 0 Å². The number of allylic oxidation sites excluding steroid dienone is 2. The van der Waals surface area contributed by atoms with Gasteiger partial charge in [-0.15, -0.1) is 22.7 Å². The molecule has 2 heterocycles. The molecule has 7 rings (SSSR count). The molecule has 5 aromatic carbocycles. The molecule has 0 fully saturated rings. The summed E-state index contributed by atoms with van der Waals surface area (Å²) in [5, 5.41) is 25.3. The van der Waals surface area contributed by atoms with Crippen molar-refractivity contribution in [2.45, 2.75) is 0 Å². The van der Waals surface area contributed by atoms with Crippen LogP contribution in [0.25, 0.3) is 66.4 Å². The molecule has 0 aliphatic rings. The average Bonchev–Trinajstić information content (AvgIpc) is 3.96. The van der Waals surface area contributed by atoms with Crippen molar-refractivity contribution in [2.75, 3.05) is 38.0 Å². The second-order valence-corrected chi connectivity index (χ2v) is 15.3. The Morgan fingerprint density at radius 3 is 1.13 bits per heavy atom. The Labute approximate surface area is 326 Å². The molecule has 0 atom stereocenters. The average molecular weight is 735 g/mol. The molecule has 0 radical (unpaired) electrons. The smallest absolute Gasteiger partial charge is 0.0998 e. The second-order valence-electron chi connectivity index (χ2n) is 13.4. The number of hydrogen-bond acceptors (Lipinski definition) is 6. The number of rotatable bonds is 10. The molecule has 0 amide bonds. The van der Waals surface area contributed by atoms with Gasteiger partial charge in [0, 0.05) is 49.3 Å². The summed E-state index contributed by atoms with van der Waals surface area (Å²) in [6.45, 7) is 0. The minimum atomic E-state index is 0.569. The zero-order valence-corrected chi connectivity index (χ0v) is 32.2. The molecule has 2 aromatic heterocycles. The highest BCUT2D eigenvalue weighted by atomic mass is 32.1. The van der Waals surface area contributed by atoms with E-state index < -0.39 is 0 Å². The van der Waals surface area contributed by atoms with Gasteiger partial charge in [0.2, 0.25) is 0 Å². The van der Waals surface area contributed by atoms with Gasteiger partial charge in [-0.3, -0.25) is 0 Å². The van der Waals surface area contributed by atoms with Gasteiger partial charge in [0.05, 0.1) is 23.3 Å². The van der Waals surface area contributed by atoms with E-state index in [-0.39, 0.29) is 0 Å². The lowest BCUT2D eigenvalue weighted by Crippen LogP contribution is -2.08. The molecule has 6 heteroatoms. The van der Waals surface area contributed by atoms with Crippen LogP contribution in [-0.2, 0) is 0 Å². The Bertz CT molecular complexity index is 2330. The molecule has 0 bridgehead atoms. The first-order valence-corrected chi connectivity index (χ1v) is 19.3. The topological polar surface area (TPSA) is 54.1 Å². The molecule has 0 saturated heterocycles. The Morgan fingerprint density at radius 1 is 0.481 bits per heavy atom. The third kappa shape index (κ3) is 7.82. The van der Waals surface area contributed by atoms with Gasteiger partial charge in [-0.1, -0.05) is 84.9 Å². The van der Waals surface area contributed by atoms with Crippen LogP contribution in [0, 0.1) is 22.7 Å². The summed E-state index contributed by atoms with van der Waals surface area (Å²) in [4.78, 5) is 6.54. The zero-order chi connectivity index (χ0) is 37.6. The summed E-state index contributed by atoms with van der Waals surface area (Å²) >= 11 is 3.40. The summed E-state index contributed by atoms with van der Waals surface area (Å²) in [6.07, 6.45) is 3.99. The number of benzene rings is 5. The monoisotopic (exact) mass is 734 g/mol. The van der Waals surface area contributed by atoms with E-state index in [0.29, 0.717) is 11.1 Å². The van der Waals surface area contributed by atoms with Crippen molar-refractivity contribution < 1.29 is 0 Å². The van der Waals surface area contributed by atoms with Crippen molar-refractivity contribution >= 4 is 57.3 Å². The molecule has 0 spiro atoms. The van der Waals surface area contributed by atoms with E-state index in [0.717, 1.165) is 67.0 Å². The number of thiophene rings is 2. The minimum Gasteiger partial charge on any atom is -0.378 e. The molecule has 4 nitrogen and oxygen atoms in total. The number of nitrogens with zero attached hydrogens (tertiary/aromatic N) is 4. The number of anilines is 2. The van der Waals surface area contributed by atoms with Gasteiger partial charge in [-0.25, -0.2) is 0 Å². The third-order valence-corrected chi connectivity index (χ3v) is 11.3. The standard InChI is InChI=1S/C48H38N4S2/c1-51(2)43-21-17-35(18-22-43)45-29-40(28-42(32-50)34-11-15-38(16-12-34)48-8-6-26-54-48)46(36-19-23-44(24-20-36)52(3)4)30-39(45)27-41(31-49)33-9-13-37(14-10-33)47-7-5-25-53-47/h5-30H,1-4H3/b41-27-,42-28+. The van der Waals surface area contributed by atoms with E-state index in [1.54, 1.807) is 22.7 Å². The predicted octanol–water partition coefficient (Wildman–Crippen LogP) is 12.7. The Balaban J connectivity index is 1.42. The van der Waals surface area contributed by atoms with Crippen LogP contribution < -0.4 is 9.80 Å². The molecular formula is C48H38N4S2. The van der Waals surface area contributed by atoms with Gasteiger partial charge in [0.25, 0.3) is 0 Å². The molecule has 7 aromatic rings. The van der Waals surface area contributed by atoms with Crippen molar-refractivity contribution in [3.05, 3.63) is 166 Å². The lowest BCUT2D eigenvalue weighted by molar-refractivity contribution is 1.13. The Kier molecular flexibility index (Phi) is 10.7. The summed E-state index contributed by atoms with van der Waals surface area (Å²) < 4.78 is 0. The largest absolute Gasteiger partial charge is 0.378 e. The molecule has 0 saturated carbocycles. The predicted molar refractivity (Wildman–Crippen MR) is 232 cm³/mol. The van der Waals surface area contributed by atoms with E-state index in [9.17, 15) is 10.5 Å². The summed E-state index contributed by atoms with van der Waals surface area (Å²) in [5.41, 5.74) is 13.1. The van der Waals surface area contributed by atoms with E-state index in [2.05, 4.69) is 130 Å². The van der Waals surface area contributed by atoms with Crippen LogP contribution in [0.2, 0.25) is 0 Å². The fourth-order valence-electron chi connectivity index (χ4n) is 6.44. The summed E-state index contributed by atoms with van der Waals surface area (Å²) in [6, 6.07) is 51.0. The highest BCUT2D eigenvalue weighted by Gasteiger charge is 2.16. The van der Waals surface area contributed by atoms with Crippen LogP contribution in [0.5, 0.6) is 0 Å². The maximum atomic E-state index is 10.6. The van der Waals surface area contributed by atoms with Crippen molar-refractivity contribution in [1.82, 2.24) is 0 Å². The van der Waals surface area contributed by atoms with E-state index in [1.165, 1.54) is 9.75 Å². The van der Waals surface area contributed by atoms with Crippen molar-refractivity contribution in [3.63, 3.8) is 0 Å². The van der Waals surface area contributed by atoms with Gasteiger partial charge in [0.15, 0.2) is 0 Å². The van der Waals surface area contributed by atoms with Crippen LogP contribution in [0.1, 0.15) is 22.3 Å². The van der Waals surface area contributed by atoms with Gasteiger partial charge < -0.3 is 9.80 Å². The Hall–Kier alpha value is -6.44. The van der Waals surface area contributed by atoms with Gasteiger partial charge in [-0.05, 0) is 127 Å². The van der Waals surface area contributed by atoms with Gasteiger partial charge in [-0.2, -0.15) is 10.5 Å². The fourth-order valence-corrected chi connectivity index (χ4v) is 7.90. The molecule has 0 aliphatic heterocycles. The highest BCUT2D eigenvalue weighted by Crippen LogP contribution is 2.38. The van der Waals surface area contributed by atoms with Gasteiger partial charge in [0.1, 0.15) is 0 Å². The maximum Gasteiger partial charge on any atom is 0.0998 e. The molecule has 54 heavy (non-hydrogen) atoms. The van der Waals surface area contributed by atoms with Crippen LogP contribution in [-0.4, -0.2) is 28.2 Å². The second kappa shape index (κ2) is 16.1. The quantitative estimate of drug-likeness (QED) is 0.104. The normalized spacial score (nSPS) is 11.5. The van der Waals surface area contributed by atoms with E-state index in [4.69, 9.17) is 0 Å². The first kappa shape index (κ1) is 35.9. The molecule has 0 aliphatic carbocycles. The van der Waals surface area contributed by atoms with Crippen molar-refractivity contribution in [3.8, 4) is 55.3 Å². The van der Waals surface area contributed by atoms with Crippen LogP contribution in [0.15, 0.2) is 144 Å². The zero-order valence-electron chi connectivity index (χ0n) is 30.6. The first-order valence-electron chi connectivity index (χ1n) is 17.6. The lowest BCUT2D eigenvalue weighted by Gasteiger charge is -2.18. The molecular weight excluding hydrogens is 697 g/mol. The van der Waals surface area contributed by atoms with E-state index in [1.807, 2.05) is 76.7 Å². The third-order valence-electron chi connectivity index (χ3n) is 9.45. The van der Waals surface area contributed by atoms with Crippen molar-refractivity contribution in [1.29, 1.82) is 10.5 Å². The number of nitriles is 2. The lowest BCUT2D eigenvalue weighted by atomic mass is 9.88. The SMILES string of the molecule is CN(C)c1ccc(-c2cc(/C=C(/C#N)c3ccc(-c4cccs4)cc3)c(-c3ccc(N(C)C)cc3)cc2/C=C(\C#N)c2ccc(-c3cccs3)cc2)cc1. The summed E-state index contributed by atoms with van der Waals surface area (Å²) in [5.74, 6) is 0. The van der Waals surface area contributed by atoms with Crippen LogP contribution >= 0.6 is 22.7 Å². The van der Waals surface area contributed by atoms with Crippen LogP contribution in [0.3, 0.4) is 0 Å². The first-order chi connectivity index (χ1) is 26.3. The van der Waals surface area contributed by atoms with Crippen LogP contribution in [0.4, 0.5) is 11.4 Å². The fraction of sp³-hybridized carbons (Fsp3) is 0.0833. The Morgan fingerprint density at radius 2 is 0.833 bits per heavy atom. The highest BCUT2D eigenvalue weighted by molar-refractivity contribution is 7.13. The molecule has 262 valence electrons. The maximum absolute atomic E-state index is 10.6. The number of hydrogen-bond donors (Lipinski definition) is 0. The minimum absolute atomic E-state index is 0.569.